The number of fused-ring (bicyclic) bond motifs is 4. The van der Waals surface area contributed by atoms with Gasteiger partial charge >= 0.3 is 0 Å². The van der Waals surface area contributed by atoms with Crippen LogP contribution in [0.4, 0.5) is 11.5 Å². The van der Waals surface area contributed by atoms with Crippen LogP contribution in [0.3, 0.4) is 0 Å². The zero-order valence-electron chi connectivity index (χ0n) is 17.9. The van der Waals surface area contributed by atoms with Gasteiger partial charge in [0.1, 0.15) is 12.2 Å². The van der Waals surface area contributed by atoms with E-state index in [-0.39, 0.29) is 18.6 Å². The summed E-state index contributed by atoms with van der Waals surface area (Å²) in [6.45, 7) is 2.74. The maximum atomic E-state index is 12.8. The Hall–Kier alpha value is -3.36. The zero-order valence-corrected chi connectivity index (χ0v) is 17.9. The molecule has 3 aromatic rings. The highest BCUT2D eigenvalue weighted by atomic mass is 16.7. The average Bonchev–Trinajstić information content (AvgIpc) is 3.36. The van der Waals surface area contributed by atoms with Crippen LogP contribution in [0.25, 0.3) is 11.2 Å². The summed E-state index contributed by atoms with van der Waals surface area (Å²) >= 11 is 0. The Morgan fingerprint density at radius 1 is 1.03 bits per heavy atom. The number of rotatable bonds is 3. The molecule has 1 aromatic carbocycles. The van der Waals surface area contributed by atoms with Gasteiger partial charge in [-0.25, -0.2) is 15.0 Å². The van der Waals surface area contributed by atoms with E-state index in [1.165, 1.54) is 19.3 Å². The highest BCUT2D eigenvalue weighted by Gasteiger charge is 2.28. The number of amides is 1. The largest absolute Gasteiger partial charge is 0.454 e. The van der Waals surface area contributed by atoms with Crippen LogP contribution in [0.1, 0.15) is 37.9 Å². The molecule has 9 nitrogen and oxygen atoms in total. The first-order valence-corrected chi connectivity index (χ1v) is 11.4. The number of imidazole rings is 1. The molecule has 3 aliphatic heterocycles. The first-order valence-electron chi connectivity index (χ1n) is 11.4. The van der Waals surface area contributed by atoms with Gasteiger partial charge in [-0.3, -0.25) is 4.79 Å². The molecular formula is C23H26N6O3. The third-order valence-electron chi connectivity index (χ3n) is 6.68. The Morgan fingerprint density at radius 3 is 2.81 bits per heavy atom. The Labute approximate surface area is 185 Å². The average molecular weight is 435 g/mol. The molecule has 0 spiro atoms. The van der Waals surface area contributed by atoms with Crippen molar-refractivity contribution in [3.63, 3.8) is 0 Å². The van der Waals surface area contributed by atoms with E-state index in [1.807, 2.05) is 18.2 Å². The van der Waals surface area contributed by atoms with E-state index >= 15 is 0 Å². The number of benzene rings is 1. The van der Waals surface area contributed by atoms with Gasteiger partial charge < -0.3 is 24.3 Å². The molecule has 0 atom stereocenters. The van der Waals surface area contributed by atoms with E-state index in [0.29, 0.717) is 11.5 Å². The highest BCUT2D eigenvalue weighted by Crippen LogP contribution is 2.35. The number of anilines is 2. The normalized spacial score (nSPS) is 18.4. The minimum absolute atomic E-state index is 0.0345. The molecule has 1 amide bonds. The van der Waals surface area contributed by atoms with Gasteiger partial charge in [-0.1, -0.05) is 6.42 Å². The number of nitrogens with one attached hydrogen (secondary N) is 1. The number of nitrogens with zero attached hydrogens (tertiary/aromatic N) is 5. The summed E-state index contributed by atoms with van der Waals surface area (Å²) in [6.07, 6.45) is 7.78. The van der Waals surface area contributed by atoms with Crippen molar-refractivity contribution < 1.29 is 14.3 Å². The molecule has 0 saturated carbocycles. The van der Waals surface area contributed by atoms with Crippen molar-refractivity contribution in [2.75, 3.05) is 30.1 Å². The third kappa shape index (κ3) is 3.41. The van der Waals surface area contributed by atoms with Crippen LogP contribution >= 0.6 is 0 Å². The summed E-state index contributed by atoms with van der Waals surface area (Å²) in [6, 6.07) is 5.49. The number of piperidine rings is 1. The van der Waals surface area contributed by atoms with E-state index in [9.17, 15) is 4.79 Å². The van der Waals surface area contributed by atoms with E-state index < -0.39 is 0 Å². The summed E-state index contributed by atoms with van der Waals surface area (Å²) in [5, 5.41) is 3.03. The Kier molecular flexibility index (Phi) is 4.81. The van der Waals surface area contributed by atoms with Gasteiger partial charge in [0.05, 0.1) is 0 Å². The molecule has 5 heterocycles. The smallest absolute Gasteiger partial charge is 0.231 e. The second kappa shape index (κ2) is 7.96. The fourth-order valence-corrected chi connectivity index (χ4v) is 4.93. The number of ether oxygens (including phenoxy) is 2. The molecule has 32 heavy (non-hydrogen) atoms. The minimum Gasteiger partial charge on any atom is -0.454 e. The Morgan fingerprint density at radius 2 is 1.91 bits per heavy atom. The maximum absolute atomic E-state index is 12.8. The van der Waals surface area contributed by atoms with E-state index in [4.69, 9.17) is 14.5 Å². The number of aromatic nitrogens is 4. The molecule has 3 aliphatic rings. The quantitative estimate of drug-likeness (QED) is 0.677. The molecule has 0 aliphatic carbocycles. The summed E-state index contributed by atoms with van der Waals surface area (Å²) in [5.74, 6) is 3.41. The number of aryl methyl sites for hydroxylation is 2. The number of carbonyl (C=O) groups excluding carboxylic acids is 1. The van der Waals surface area contributed by atoms with Gasteiger partial charge in [-0.15, -0.1) is 0 Å². The number of hydrogen-bond acceptors (Lipinski definition) is 7. The SMILES string of the molecule is O=C(Nc1ccc2c(c1)OCO2)C1CCN(c2ncnc3c2nc2n3CCCCC2)CC1. The molecular weight excluding hydrogens is 408 g/mol. The van der Waals surface area contributed by atoms with E-state index in [0.717, 1.165) is 67.4 Å². The van der Waals surface area contributed by atoms with Crippen LogP contribution < -0.4 is 19.7 Å². The van der Waals surface area contributed by atoms with Gasteiger partial charge in [-0.2, -0.15) is 0 Å². The van der Waals surface area contributed by atoms with Crippen LogP contribution in [0.5, 0.6) is 11.5 Å². The van der Waals surface area contributed by atoms with Crippen molar-refractivity contribution in [2.24, 2.45) is 5.92 Å². The molecule has 0 unspecified atom stereocenters. The second-order valence-corrected chi connectivity index (χ2v) is 8.68. The van der Waals surface area contributed by atoms with Crippen molar-refractivity contribution in [1.82, 2.24) is 19.5 Å². The molecule has 1 fully saturated rings. The van der Waals surface area contributed by atoms with Crippen molar-refractivity contribution in [3.8, 4) is 11.5 Å². The lowest BCUT2D eigenvalue weighted by atomic mass is 9.95. The molecule has 0 radical (unpaired) electrons. The standard InChI is InChI=1S/C23H26N6O3/c30-23(26-16-5-6-17-18(12-16)32-14-31-17)15-7-10-28(11-8-15)21-20-22(25-13-24-21)29-9-3-1-2-4-19(29)27-20/h5-6,12-13,15H,1-4,7-11,14H2,(H,26,30). The van der Waals surface area contributed by atoms with Crippen molar-refractivity contribution in [2.45, 2.75) is 45.1 Å². The lowest BCUT2D eigenvalue weighted by Crippen LogP contribution is -2.38. The fraction of sp³-hybridized carbons (Fsp3) is 0.478. The fourth-order valence-electron chi connectivity index (χ4n) is 4.93. The molecule has 1 N–H and O–H groups in total. The molecule has 2 aromatic heterocycles. The Bertz CT molecular complexity index is 1170. The monoisotopic (exact) mass is 434 g/mol. The van der Waals surface area contributed by atoms with Gasteiger partial charge in [0.2, 0.25) is 12.7 Å². The number of carbonyl (C=O) groups is 1. The maximum Gasteiger partial charge on any atom is 0.231 e. The van der Waals surface area contributed by atoms with Crippen LogP contribution in [0.2, 0.25) is 0 Å². The third-order valence-corrected chi connectivity index (χ3v) is 6.68. The van der Waals surface area contributed by atoms with Crippen molar-refractivity contribution in [1.29, 1.82) is 0 Å². The molecule has 1 saturated heterocycles. The van der Waals surface area contributed by atoms with Crippen molar-refractivity contribution >= 4 is 28.6 Å². The predicted octanol–water partition coefficient (Wildman–Crippen LogP) is 3.14. The second-order valence-electron chi connectivity index (χ2n) is 8.68. The van der Waals surface area contributed by atoms with Gasteiger partial charge in [0, 0.05) is 43.7 Å². The van der Waals surface area contributed by atoms with Crippen LogP contribution in [-0.4, -0.2) is 45.3 Å². The topological polar surface area (TPSA) is 94.4 Å². The molecule has 166 valence electrons. The van der Waals surface area contributed by atoms with E-state index in [1.54, 1.807) is 6.33 Å². The van der Waals surface area contributed by atoms with E-state index in [2.05, 4.69) is 24.8 Å². The predicted molar refractivity (Wildman–Crippen MR) is 119 cm³/mol. The lowest BCUT2D eigenvalue weighted by molar-refractivity contribution is -0.120. The number of hydrogen-bond donors (Lipinski definition) is 1. The lowest BCUT2D eigenvalue weighted by Gasteiger charge is -2.32. The van der Waals surface area contributed by atoms with Crippen molar-refractivity contribution in [3.05, 3.63) is 30.4 Å². The van der Waals surface area contributed by atoms with Gasteiger partial charge in [-0.05, 0) is 37.8 Å². The first kappa shape index (κ1) is 19.3. The first-order chi connectivity index (χ1) is 15.8. The summed E-state index contributed by atoms with van der Waals surface area (Å²) in [4.78, 5) is 29.1. The van der Waals surface area contributed by atoms with Gasteiger partial charge in [0.25, 0.3) is 0 Å². The molecule has 6 rings (SSSR count). The molecule has 0 bridgehead atoms. The summed E-state index contributed by atoms with van der Waals surface area (Å²) in [5.41, 5.74) is 2.57. The summed E-state index contributed by atoms with van der Waals surface area (Å²) in [7, 11) is 0. The minimum atomic E-state index is -0.0345. The Balaban J connectivity index is 1.15. The summed E-state index contributed by atoms with van der Waals surface area (Å²) < 4.78 is 13.0. The van der Waals surface area contributed by atoms with Crippen LogP contribution in [-0.2, 0) is 17.8 Å². The van der Waals surface area contributed by atoms with Gasteiger partial charge in [0.15, 0.2) is 28.5 Å². The van der Waals surface area contributed by atoms with Crippen LogP contribution in [0.15, 0.2) is 24.5 Å². The highest BCUT2D eigenvalue weighted by molar-refractivity contribution is 5.93. The molecule has 9 heteroatoms. The zero-order chi connectivity index (χ0) is 21.5. The van der Waals surface area contributed by atoms with Crippen LogP contribution in [0, 0.1) is 5.92 Å².